The number of hydrogen-bond donors (Lipinski definition) is 1. The van der Waals surface area contributed by atoms with Crippen molar-refractivity contribution in [2.45, 2.75) is 53.0 Å². The van der Waals surface area contributed by atoms with E-state index < -0.39 is 0 Å². The van der Waals surface area contributed by atoms with Crippen molar-refractivity contribution in [3.63, 3.8) is 0 Å². The molecule has 0 radical (unpaired) electrons. The van der Waals surface area contributed by atoms with Gasteiger partial charge in [0.15, 0.2) is 0 Å². The highest BCUT2D eigenvalue weighted by atomic mass is 15.2. The van der Waals surface area contributed by atoms with E-state index in [1.54, 1.807) is 0 Å². The minimum atomic E-state index is 0.0740. The summed E-state index contributed by atoms with van der Waals surface area (Å²) < 4.78 is 0. The maximum atomic E-state index is 7.91. The Labute approximate surface area is 82.8 Å². The van der Waals surface area contributed by atoms with Crippen molar-refractivity contribution >= 4 is 5.84 Å². The highest BCUT2D eigenvalue weighted by Crippen LogP contribution is 2.15. The van der Waals surface area contributed by atoms with Gasteiger partial charge in [0.05, 0.1) is 5.84 Å². The van der Waals surface area contributed by atoms with Gasteiger partial charge >= 0.3 is 0 Å². The summed E-state index contributed by atoms with van der Waals surface area (Å²) in [5, 5.41) is 7.91. The van der Waals surface area contributed by atoms with Crippen LogP contribution in [0.2, 0.25) is 0 Å². The van der Waals surface area contributed by atoms with Gasteiger partial charge in [-0.25, -0.2) is 0 Å². The summed E-state index contributed by atoms with van der Waals surface area (Å²) in [4.78, 5) is 2.05. The smallest absolute Gasteiger partial charge is 0.0962 e. The van der Waals surface area contributed by atoms with Crippen LogP contribution in [0.25, 0.3) is 0 Å². The minimum absolute atomic E-state index is 0.0740. The van der Waals surface area contributed by atoms with Gasteiger partial charge in [0.2, 0.25) is 0 Å². The molecule has 0 aromatic rings. The summed E-state index contributed by atoms with van der Waals surface area (Å²) in [5.41, 5.74) is 0.0740. The van der Waals surface area contributed by atoms with E-state index >= 15 is 0 Å². The average molecular weight is 184 g/mol. The van der Waals surface area contributed by atoms with Crippen LogP contribution < -0.4 is 0 Å². The van der Waals surface area contributed by atoms with Gasteiger partial charge in [-0.2, -0.15) is 0 Å². The Kier molecular flexibility index (Phi) is 4.45. The molecule has 0 rings (SSSR count). The molecule has 1 N–H and O–H groups in total. The van der Waals surface area contributed by atoms with E-state index in [0.717, 1.165) is 18.7 Å². The van der Waals surface area contributed by atoms with Gasteiger partial charge in [-0.3, -0.25) is 5.41 Å². The molecule has 0 aliphatic carbocycles. The summed E-state index contributed by atoms with van der Waals surface area (Å²) in [6.45, 7) is 10.8. The highest BCUT2D eigenvalue weighted by Gasteiger charge is 2.20. The molecule has 0 spiro atoms. The van der Waals surface area contributed by atoms with Crippen molar-refractivity contribution in [3.8, 4) is 0 Å². The highest BCUT2D eigenvalue weighted by molar-refractivity contribution is 5.79. The predicted molar refractivity (Wildman–Crippen MR) is 59.3 cm³/mol. The van der Waals surface area contributed by atoms with Crippen molar-refractivity contribution in [3.05, 3.63) is 0 Å². The average Bonchev–Trinajstić information content (AvgIpc) is 2.01. The summed E-state index contributed by atoms with van der Waals surface area (Å²) in [6.07, 6.45) is 2.05. The zero-order valence-corrected chi connectivity index (χ0v) is 9.94. The molecule has 0 aromatic heterocycles. The molecule has 1 unspecified atom stereocenters. The number of amidine groups is 1. The lowest BCUT2D eigenvalue weighted by Crippen LogP contribution is -2.42. The van der Waals surface area contributed by atoms with Crippen molar-refractivity contribution < 1.29 is 0 Å². The van der Waals surface area contributed by atoms with Crippen molar-refractivity contribution in [2.24, 2.45) is 5.92 Å². The normalized spacial score (nSPS) is 14.0. The maximum Gasteiger partial charge on any atom is 0.0962 e. The Morgan fingerprint density at radius 2 is 1.85 bits per heavy atom. The minimum Gasteiger partial charge on any atom is -0.359 e. The van der Waals surface area contributed by atoms with Crippen LogP contribution in [0.15, 0.2) is 0 Å². The molecule has 0 aliphatic rings. The molecule has 1 atom stereocenters. The summed E-state index contributed by atoms with van der Waals surface area (Å²) >= 11 is 0. The van der Waals surface area contributed by atoms with Crippen LogP contribution in [-0.4, -0.2) is 23.3 Å². The van der Waals surface area contributed by atoms with Crippen LogP contribution in [0.1, 0.15) is 47.5 Å². The SMILES string of the molecule is CCC(C)CC(=N)N(C)C(C)(C)C. The molecular formula is C11H24N2. The number of nitrogens with zero attached hydrogens (tertiary/aromatic N) is 1. The second-order valence-corrected chi connectivity index (χ2v) is 4.89. The first-order valence-corrected chi connectivity index (χ1v) is 5.10. The third-order valence-electron chi connectivity index (χ3n) is 2.65. The Balaban J connectivity index is 4.12. The lowest BCUT2D eigenvalue weighted by Gasteiger charge is -2.35. The number of rotatable bonds is 3. The van der Waals surface area contributed by atoms with Crippen LogP contribution in [0, 0.1) is 11.3 Å². The predicted octanol–water partition coefficient (Wildman–Crippen LogP) is 3.13. The Morgan fingerprint density at radius 1 is 1.38 bits per heavy atom. The largest absolute Gasteiger partial charge is 0.359 e. The molecule has 0 aliphatic heterocycles. The number of nitrogens with one attached hydrogen (secondary N) is 1. The van der Waals surface area contributed by atoms with E-state index in [2.05, 4.69) is 39.5 Å². The maximum absolute atomic E-state index is 7.91. The molecule has 0 heterocycles. The van der Waals surface area contributed by atoms with Gasteiger partial charge in [-0.1, -0.05) is 20.3 Å². The fourth-order valence-electron chi connectivity index (χ4n) is 1.02. The fourth-order valence-corrected chi connectivity index (χ4v) is 1.02. The first-order valence-electron chi connectivity index (χ1n) is 5.10. The third-order valence-corrected chi connectivity index (χ3v) is 2.65. The van der Waals surface area contributed by atoms with Gasteiger partial charge in [0.1, 0.15) is 0 Å². The van der Waals surface area contributed by atoms with E-state index in [9.17, 15) is 0 Å². The molecule has 0 amide bonds. The van der Waals surface area contributed by atoms with E-state index in [1.165, 1.54) is 0 Å². The van der Waals surface area contributed by atoms with Crippen LogP contribution >= 0.6 is 0 Å². The van der Waals surface area contributed by atoms with E-state index in [1.807, 2.05) is 7.05 Å². The zero-order valence-electron chi connectivity index (χ0n) is 9.94. The number of hydrogen-bond acceptors (Lipinski definition) is 1. The van der Waals surface area contributed by atoms with E-state index in [-0.39, 0.29) is 5.54 Å². The summed E-state index contributed by atoms with van der Waals surface area (Å²) in [7, 11) is 2.00. The van der Waals surface area contributed by atoms with E-state index in [0.29, 0.717) is 5.92 Å². The molecule has 78 valence electrons. The molecule has 0 bridgehead atoms. The molecule has 13 heavy (non-hydrogen) atoms. The van der Waals surface area contributed by atoms with Crippen molar-refractivity contribution in [1.29, 1.82) is 5.41 Å². The Hall–Kier alpha value is -0.530. The molecule has 0 aromatic carbocycles. The monoisotopic (exact) mass is 184 g/mol. The van der Waals surface area contributed by atoms with Crippen LogP contribution in [0.4, 0.5) is 0 Å². The summed E-state index contributed by atoms with van der Waals surface area (Å²) in [6, 6.07) is 0. The van der Waals surface area contributed by atoms with E-state index in [4.69, 9.17) is 5.41 Å². The van der Waals surface area contributed by atoms with Crippen LogP contribution in [-0.2, 0) is 0 Å². The second-order valence-electron chi connectivity index (χ2n) is 4.89. The quantitative estimate of drug-likeness (QED) is 0.529. The summed E-state index contributed by atoms with van der Waals surface area (Å²) in [5.74, 6) is 1.37. The van der Waals surface area contributed by atoms with Crippen molar-refractivity contribution in [1.82, 2.24) is 4.90 Å². The molecular weight excluding hydrogens is 160 g/mol. The molecule has 0 fully saturated rings. The van der Waals surface area contributed by atoms with Crippen LogP contribution in [0.5, 0.6) is 0 Å². The lowest BCUT2D eigenvalue weighted by molar-refractivity contribution is 0.271. The topological polar surface area (TPSA) is 27.1 Å². The second kappa shape index (κ2) is 4.64. The molecule has 2 heteroatoms. The van der Waals surface area contributed by atoms with Gasteiger partial charge in [0, 0.05) is 19.0 Å². The van der Waals surface area contributed by atoms with Gasteiger partial charge in [-0.05, 0) is 26.7 Å². The van der Waals surface area contributed by atoms with Gasteiger partial charge in [-0.15, -0.1) is 0 Å². The fraction of sp³-hybridized carbons (Fsp3) is 0.909. The molecule has 2 nitrogen and oxygen atoms in total. The zero-order chi connectivity index (χ0) is 10.6. The molecule has 0 saturated heterocycles. The third kappa shape index (κ3) is 4.30. The lowest BCUT2D eigenvalue weighted by atomic mass is 10.0. The Bertz CT molecular complexity index is 167. The first-order chi connectivity index (χ1) is 5.79. The Morgan fingerprint density at radius 3 is 2.15 bits per heavy atom. The standard InChI is InChI=1S/C11H24N2/c1-7-9(2)8-10(12)13(6)11(3,4)5/h9,12H,7-8H2,1-6H3. The van der Waals surface area contributed by atoms with Crippen LogP contribution in [0.3, 0.4) is 0 Å². The van der Waals surface area contributed by atoms with Gasteiger partial charge in [0.25, 0.3) is 0 Å². The molecule has 0 saturated carbocycles. The van der Waals surface area contributed by atoms with Gasteiger partial charge < -0.3 is 4.90 Å². The van der Waals surface area contributed by atoms with Crippen molar-refractivity contribution in [2.75, 3.05) is 7.05 Å². The first kappa shape index (κ1) is 12.5.